The Morgan fingerprint density at radius 2 is 1.68 bits per heavy atom. The molecule has 0 unspecified atom stereocenters. The minimum atomic E-state index is -4.55. The number of ether oxygens (including phenoxy) is 1. The maximum atomic E-state index is 12.9. The van der Waals surface area contributed by atoms with E-state index < -0.39 is 27.7 Å². The quantitative estimate of drug-likeness (QED) is 0.709. The molecule has 2 aromatic carbocycles. The Bertz CT molecular complexity index is 1060. The highest BCUT2D eigenvalue weighted by atomic mass is 35.5. The average Bonchev–Trinajstić information content (AvgIpc) is 2.68. The van der Waals surface area contributed by atoms with Crippen molar-refractivity contribution in [1.82, 2.24) is 4.31 Å². The number of nitrogens with one attached hydrogen (secondary N) is 1. The van der Waals surface area contributed by atoms with Gasteiger partial charge in [0, 0.05) is 18.7 Å². The van der Waals surface area contributed by atoms with E-state index in [9.17, 15) is 26.4 Å². The first-order valence-corrected chi connectivity index (χ1v) is 11.1. The van der Waals surface area contributed by atoms with Gasteiger partial charge >= 0.3 is 6.18 Å². The molecule has 1 amide bonds. The lowest BCUT2D eigenvalue weighted by Crippen LogP contribution is -2.48. The molecule has 0 radical (unpaired) electrons. The number of alkyl halides is 3. The first kappa shape index (κ1) is 23.5. The van der Waals surface area contributed by atoms with Crippen molar-refractivity contribution in [3.05, 3.63) is 58.6 Å². The number of nitrogens with zero attached hydrogens (tertiary/aromatic N) is 1. The van der Waals surface area contributed by atoms with Gasteiger partial charge in [-0.05, 0) is 56.3 Å². The molecule has 168 valence electrons. The second-order valence-electron chi connectivity index (χ2n) is 7.25. The number of rotatable bonds is 4. The molecule has 6 nitrogen and oxygen atoms in total. The van der Waals surface area contributed by atoms with Crippen molar-refractivity contribution in [2.75, 3.05) is 18.4 Å². The van der Waals surface area contributed by atoms with Crippen LogP contribution in [0.15, 0.2) is 47.4 Å². The molecule has 2 atom stereocenters. The van der Waals surface area contributed by atoms with Gasteiger partial charge in [-0.25, -0.2) is 8.42 Å². The molecule has 0 aromatic heterocycles. The summed E-state index contributed by atoms with van der Waals surface area (Å²) in [4.78, 5) is 12.5. The second-order valence-corrected chi connectivity index (χ2v) is 9.60. The van der Waals surface area contributed by atoms with E-state index in [0.717, 1.165) is 18.2 Å². The minimum Gasteiger partial charge on any atom is -0.373 e. The number of anilines is 1. The predicted octanol–water partition coefficient (Wildman–Crippen LogP) is 4.41. The van der Waals surface area contributed by atoms with Crippen molar-refractivity contribution in [1.29, 1.82) is 0 Å². The maximum absolute atomic E-state index is 12.9. The summed E-state index contributed by atoms with van der Waals surface area (Å²) in [5.41, 5.74) is -0.803. The van der Waals surface area contributed by atoms with Gasteiger partial charge in [-0.1, -0.05) is 11.6 Å². The molecule has 0 bridgehead atoms. The summed E-state index contributed by atoms with van der Waals surface area (Å²) in [6, 6.07) is 7.86. The Balaban J connectivity index is 1.75. The lowest BCUT2D eigenvalue weighted by molar-refractivity contribution is -0.137. The summed E-state index contributed by atoms with van der Waals surface area (Å²) in [6.07, 6.45) is -5.03. The van der Waals surface area contributed by atoms with E-state index in [-0.39, 0.29) is 46.5 Å². The highest BCUT2D eigenvalue weighted by molar-refractivity contribution is 7.89. The van der Waals surface area contributed by atoms with Gasteiger partial charge in [0.25, 0.3) is 5.91 Å². The van der Waals surface area contributed by atoms with Gasteiger partial charge in [0.05, 0.1) is 33.4 Å². The molecule has 0 saturated carbocycles. The number of benzene rings is 2. The molecule has 0 aliphatic carbocycles. The van der Waals surface area contributed by atoms with E-state index in [1.807, 2.05) is 0 Å². The Morgan fingerprint density at radius 1 is 1.10 bits per heavy atom. The molecular formula is C20H20ClF3N2O4S. The smallest absolute Gasteiger partial charge is 0.373 e. The Hall–Kier alpha value is -2.14. The van der Waals surface area contributed by atoms with Crippen LogP contribution in [0.4, 0.5) is 18.9 Å². The molecule has 1 aliphatic heterocycles. The molecule has 2 aromatic rings. The van der Waals surface area contributed by atoms with Crippen molar-refractivity contribution < 1.29 is 31.1 Å². The van der Waals surface area contributed by atoms with Crippen LogP contribution in [0.1, 0.15) is 29.8 Å². The molecule has 1 N–H and O–H groups in total. The third-order valence-electron chi connectivity index (χ3n) is 4.69. The van der Waals surface area contributed by atoms with E-state index in [2.05, 4.69) is 5.32 Å². The highest BCUT2D eigenvalue weighted by Gasteiger charge is 2.33. The summed E-state index contributed by atoms with van der Waals surface area (Å²) < 4.78 is 70.8. The van der Waals surface area contributed by atoms with Gasteiger partial charge in [-0.15, -0.1) is 0 Å². The fourth-order valence-corrected chi connectivity index (χ4v) is 5.06. The van der Waals surface area contributed by atoms with Crippen LogP contribution in [-0.4, -0.2) is 43.9 Å². The molecule has 31 heavy (non-hydrogen) atoms. The number of morpholine rings is 1. The van der Waals surface area contributed by atoms with Crippen molar-refractivity contribution in [2.45, 2.75) is 37.1 Å². The SMILES string of the molecule is C[C@@H]1CN(S(=O)(=O)c2ccc(C(=O)Nc3ccc(C(F)(F)F)cc3Cl)cc2)C[C@H](C)O1. The third kappa shape index (κ3) is 5.38. The van der Waals surface area contributed by atoms with Gasteiger partial charge in [0.1, 0.15) is 0 Å². The number of amides is 1. The van der Waals surface area contributed by atoms with Crippen molar-refractivity contribution in [3.63, 3.8) is 0 Å². The number of sulfonamides is 1. The lowest BCUT2D eigenvalue weighted by Gasteiger charge is -2.34. The zero-order chi connectivity index (χ0) is 23.0. The number of hydrogen-bond donors (Lipinski definition) is 1. The topological polar surface area (TPSA) is 75.7 Å². The van der Waals surface area contributed by atoms with Gasteiger partial charge < -0.3 is 10.1 Å². The molecule has 11 heteroatoms. The first-order chi connectivity index (χ1) is 14.4. The van der Waals surface area contributed by atoms with Crippen LogP contribution in [-0.2, 0) is 20.9 Å². The van der Waals surface area contributed by atoms with Crippen LogP contribution in [0.3, 0.4) is 0 Å². The zero-order valence-electron chi connectivity index (χ0n) is 16.6. The van der Waals surface area contributed by atoms with Gasteiger partial charge in [-0.3, -0.25) is 4.79 Å². The molecular weight excluding hydrogens is 457 g/mol. The normalized spacial score (nSPS) is 20.5. The van der Waals surface area contributed by atoms with Crippen LogP contribution >= 0.6 is 11.6 Å². The summed E-state index contributed by atoms with van der Waals surface area (Å²) >= 11 is 5.85. The van der Waals surface area contributed by atoms with Gasteiger partial charge in [0.2, 0.25) is 10.0 Å². The average molecular weight is 477 g/mol. The highest BCUT2D eigenvalue weighted by Crippen LogP contribution is 2.34. The molecule has 1 aliphatic rings. The van der Waals surface area contributed by atoms with Crippen LogP contribution < -0.4 is 5.32 Å². The van der Waals surface area contributed by atoms with Gasteiger partial charge in [0.15, 0.2) is 0 Å². The summed E-state index contributed by atoms with van der Waals surface area (Å²) in [5, 5.41) is 2.16. The van der Waals surface area contributed by atoms with Crippen LogP contribution in [0.5, 0.6) is 0 Å². The van der Waals surface area contributed by atoms with Crippen molar-refractivity contribution in [2.24, 2.45) is 0 Å². The van der Waals surface area contributed by atoms with E-state index in [1.54, 1.807) is 13.8 Å². The largest absolute Gasteiger partial charge is 0.416 e. The van der Waals surface area contributed by atoms with E-state index in [1.165, 1.54) is 28.6 Å². The molecule has 1 heterocycles. The van der Waals surface area contributed by atoms with Crippen molar-refractivity contribution >= 4 is 33.2 Å². The zero-order valence-corrected chi connectivity index (χ0v) is 18.2. The van der Waals surface area contributed by atoms with Crippen LogP contribution in [0, 0.1) is 0 Å². The second kappa shape index (κ2) is 8.78. The minimum absolute atomic E-state index is 0.00709. The molecule has 0 spiro atoms. The fourth-order valence-electron chi connectivity index (χ4n) is 3.24. The third-order valence-corrected chi connectivity index (χ3v) is 6.84. The molecule has 1 fully saturated rings. The Kier molecular flexibility index (Phi) is 6.66. The first-order valence-electron chi connectivity index (χ1n) is 9.31. The standard InChI is InChI=1S/C20H20ClF3N2O4S/c1-12-10-26(11-13(2)30-12)31(28,29)16-6-3-14(4-7-16)19(27)25-18-8-5-15(9-17(18)21)20(22,23)24/h3-9,12-13H,10-11H2,1-2H3,(H,25,27)/t12-,13+. The molecule has 1 saturated heterocycles. The van der Waals surface area contributed by atoms with E-state index in [0.29, 0.717) is 0 Å². The number of carbonyl (C=O) groups excluding carboxylic acids is 1. The Morgan fingerprint density at radius 3 is 2.19 bits per heavy atom. The number of halogens is 4. The van der Waals surface area contributed by atoms with Crippen LogP contribution in [0.25, 0.3) is 0 Å². The number of hydrogen-bond acceptors (Lipinski definition) is 4. The van der Waals surface area contributed by atoms with E-state index >= 15 is 0 Å². The number of carbonyl (C=O) groups is 1. The van der Waals surface area contributed by atoms with Crippen LogP contribution in [0.2, 0.25) is 5.02 Å². The fraction of sp³-hybridized carbons (Fsp3) is 0.350. The maximum Gasteiger partial charge on any atom is 0.416 e. The monoisotopic (exact) mass is 476 g/mol. The summed E-state index contributed by atoms with van der Waals surface area (Å²) in [6.45, 7) is 4.03. The molecule has 3 rings (SSSR count). The summed E-state index contributed by atoms with van der Waals surface area (Å²) in [7, 11) is -3.76. The predicted molar refractivity (Wildman–Crippen MR) is 110 cm³/mol. The lowest BCUT2D eigenvalue weighted by atomic mass is 10.1. The van der Waals surface area contributed by atoms with Gasteiger partial charge in [-0.2, -0.15) is 17.5 Å². The van der Waals surface area contributed by atoms with E-state index in [4.69, 9.17) is 16.3 Å². The summed E-state index contributed by atoms with van der Waals surface area (Å²) in [5.74, 6) is -0.640. The van der Waals surface area contributed by atoms with Crippen molar-refractivity contribution in [3.8, 4) is 0 Å². The Labute approximate surface area is 183 Å².